The monoisotopic (exact) mass is 303 g/mol. The fourth-order valence-corrected chi connectivity index (χ4v) is 2.27. The molecule has 0 spiro atoms. The third kappa shape index (κ3) is 5.66. The predicted octanol–water partition coefficient (Wildman–Crippen LogP) is -0.452. The van der Waals surface area contributed by atoms with Gasteiger partial charge < -0.3 is 21.5 Å². The van der Waals surface area contributed by atoms with Gasteiger partial charge in [-0.05, 0) is 26.7 Å². The first-order valence-electron chi connectivity index (χ1n) is 6.85. The van der Waals surface area contributed by atoms with Gasteiger partial charge in [0.15, 0.2) is 0 Å². The zero-order valence-electron chi connectivity index (χ0n) is 12.2. The van der Waals surface area contributed by atoms with Gasteiger partial charge in [-0.15, -0.1) is 0 Å². The first kappa shape index (κ1) is 17.4. The molecule has 1 saturated heterocycles. The lowest BCUT2D eigenvalue weighted by Crippen LogP contribution is -2.50. The summed E-state index contributed by atoms with van der Waals surface area (Å²) in [7, 11) is 0. The van der Waals surface area contributed by atoms with E-state index in [2.05, 4.69) is 10.6 Å². The molecule has 2 amide bonds. The molecule has 8 heteroatoms. The second-order valence-corrected chi connectivity index (χ2v) is 5.94. The molecule has 0 aromatic carbocycles. The van der Waals surface area contributed by atoms with Crippen LogP contribution in [0.1, 0.15) is 33.1 Å². The van der Waals surface area contributed by atoms with Gasteiger partial charge >= 0.3 is 5.97 Å². The van der Waals surface area contributed by atoms with E-state index in [1.807, 2.05) is 0 Å². The minimum absolute atomic E-state index is 0.00134. The van der Waals surface area contributed by atoms with Gasteiger partial charge in [0, 0.05) is 18.9 Å². The van der Waals surface area contributed by atoms with Crippen LogP contribution in [0.2, 0.25) is 0 Å². The maximum absolute atomic E-state index is 13.4. The lowest BCUT2D eigenvalue weighted by molar-refractivity contribution is -0.142. The van der Waals surface area contributed by atoms with Crippen LogP contribution in [-0.4, -0.2) is 47.2 Å². The molecule has 0 aliphatic carbocycles. The van der Waals surface area contributed by atoms with Crippen LogP contribution < -0.4 is 16.4 Å². The Labute approximate surface area is 122 Å². The molecule has 1 unspecified atom stereocenters. The molecule has 1 rings (SSSR count). The van der Waals surface area contributed by atoms with Gasteiger partial charge in [0.2, 0.25) is 11.8 Å². The molecule has 0 bridgehead atoms. The molecule has 3 atom stereocenters. The van der Waals surface area contributed by atoms with Crippen molar-refractivity contribution >= 4 is 17.8 Å². The highest BCUT2D eigenvalue weighted by Crippen LogP contribution is 2.18. The standard InChI is InChI=1S/C13H22FN3O4/c1-13(2,14)6-8(15)11(19)17-9(12(20)21)5-7-3-4-16-10(7)18/h7-9H,3-6,15H2,1-2H3,(H,16,18)(H,17,19)(H,20,21)/t7-,8-,9?/m0/s1. The number of carboxylic acids is 1. The number of nitrogens with one attached hydrogen (secondary N) is 2. The Morgan fingerprint density at radius 3 is 2.62 bits per heavy atom. The summed E-state index contributed by atoms with van der Waals surface area (Å²) in [4.78, 5) is 34.4. The van der Waals surface area contributed by atoms with Crippen molar-refractivity contribution in [2.45, 2.75) is 50.9 Å². The molecule has 1 aliphatic heterocycles. The van der Waals surface area contributed by atoms with Crippen molar-refractivity contribution < 1.29 is 23.9 Å². The van der Waals surface area contributed by atoms with Crippen LogP contribution in [0.3, 0.4) is 0 Å². The van der Waals surface area contributed by atoms with E-state index < -0.39 is 35.5 Å². The Hall–Kier alpha value is -1.70. The minimum Gasteiger partial charge on any atom is -0.480 e. The Bertz CT molecular complexity index is 422. The maximum atomic E-state index is 13.4. The molecule has 0 saturated carbocycles. The number of halogens is 1. The van der Waals surface area contributed by atoms with Crippen LogP contribution in [-0.2, 0) is 14.4 Å². The normalized spacial score (nSPS) is 21.5. The van der Waals surface area contributed by atoms with Gasteiger partial charge in [0.1, 0.15) is 11.7 Å². The lowest BCUT2D eigenvalue weighted by Gasteiger charge is -2.22. The molecule has 1 aliphatic rings. The van der Waals surface area contributed by atoms with Gasteiger partial charge in [-0.25, -0.2) is 9.18 Å². The fourth-order valence-electron chi connectivity index (χ4n) is 2.27. The quantitative estimate of drug-likeness (QED) is 0.507. The van der Waals surface area contributed by atoms with Crippen molar-refractivity contribution in [2.75, 3.05) is 6.54 Å². The molecular weight excluding hydrogens is 281 g/mol. The van der Waals surface area contributed by atoms with E-state index in [0.717, 1.165) is 0 Å². The van der Waals surface area contributed by atoms with Crippen molar-refractivity contribution in [3.05, 3.63) is 0 Å². The van der Waals surface area contributed by atoms with Crippen LogP contribution in [0, 0.1) is 5.92 Å². The SMILES string of the molecule is CC(C)(F)C[C@H](N)C(=O)NC(C[C@@H]1CCNC1=O)C(=O)O. The molecule has 7 nitrogen and oxygen atoms in total. The zero-order valence-corrected chi connectivity index (χ0v) is 12.2. The Morgan fingerprint density at radius 2 is 2.19 bits per heavy atom. The van der Waals surface area contributed by atoms with Crippen molar-refractivity contribution in [1.29, 1.82) is 0 Å². The molecule has 21 heavy (non-hydrogen) atoms. The van der Waals surface area contributed by atoms with Crippen molar-refractivity contribution in [3.63, 3.8) is 0 Å². The maximum Gasteiger partial charge on any atom is 0.326 e. The smallest absolute Gasteiger partial charge is 0.326 e. The number of rotatable bonds is 7. The molecule has 120 valence electrons. The largest absolute Gasteiger partial charge is 0.480 e. The first-order chi connectivity index (χ1) is 9.60. The number of nitrogens with two attached hydrogens (primary N) is 1. The van der Waals surface area contributed by atoms with Gasteiger partial charge in [-0.3, -0.25) is 9.59 Å². The van der Waals surface area contributed by atoms with Crippen LogP contribution >= 0.6 is 0 Å². The van der Waals surface area contributed by atoms with E-state index >= 15 is 0 Å². The number of aliphatic carboxylic acids is 1. The van der Waals surface area contributed by atoms with Crippen molar-refractivity contribution in [1.82, 2.24) is 10.6 Å². The average Bonchev–Trinajstić information content (AvgIpc) is 2.71. The highest BCUT2D eigenvalue weighted by Gasteiger charge is 2.33. The summed E-state index contributed by atoms with van der Waals surface area (Å²) in [6.07, 6.45) is 0.315. The summed E-state index contributed by atoms with van der Waals surface area (Å²) in [6.45, 7) is 3.08. The third-order valence-electron chi connectivity index (χ3n) is 3.34. The van der Waals surface area contributed by atoms with Crippen LogP contribution in [0.15, 0.2) is 0 Å². The molecular formula is C13H22FN3O4. The molecule has 1 heterocycles. The van der Waals surface area contributed by atoms with Crippen LogP contribution in [0.5, 0.6) is 0 Å². The number of hydrogen-bond acceptors (Lipinski definition) is 4. The first-order valence-corrected chi connectivity index (χ1v) is 6.85. The molecule has 5 N–H and O–H groups in total. The highest BCUT2D eigenvalue weighted by molar-refractivity contribution is 5.87. The third-order valence-corrected chi connectivity index (χ3v) is 3.34. The van der Waals surface area contributed by atoms with E-state index in [1.54, 1.807) is 0 Å². The van der Waals surface area contributed by atoms with Crippen LogP contribution in [0.4, 0.5) is 4.39 Å². The van der Waals surface area contributed by atoms with Gasteiger partial charge in [0.25, 0.3) is 0 Å². The van der Waals surface area contributed by atoms with E-state index in [4.69, 9.17) is 10.8 Å². The number of carbonyl (C=O) groups excluding carboxylic acids is 2. The zero-order chi connectivity index (χ0) is 16.2. The number of carboxylic acid groups (broad SMARTS) is 1. The minimum atomic E-state index is -1.62. The van der Waals surface area contributed by atoms with Gasteiger partial charge in [0.05, 0.1) is 6.04 Å². The number of amides is 2. The predicted molar refractivity (Wildman–Crippen MR) is 73.1 cm³/mol. The van der Waals surface area contributed by atoms with E-state index in [0.29, 0.717) is 13.0 Å². The molecule has 0 aromatic rings. The number of carbonyl (C=O) groups is 3. The summed E-state index contributed by atoms with van der Waals surface area (Å²) in [5.41, 5.74) is 3.94. The van der Waals surface area contributed by atoms with Crippen molar-refractivity contribution in [2.24, 2.45) is 11.7 Å². The summed E-state index contributed by atoms with van der Waals surface area (Å²) >= 11 is 0. The highest BCUT2D eigenvalue weighted by atomic mass is 19.1. The van der Waals surface area contributed by atoms with E-state index in [9.17, 15) is 18.8 Å². The number of hydrogen-bond donors (Lipinski definition) is 4. The molecule has 0 radical (unpaired) electrons. The van der Waals surface area contributed by atoms with Gasteiger partial charge in [-0.1, -0.05) is 0 Å². The Morgan fingerprint density at radius 1 is 1.57 bits per heavy atom. The topological polar surface area (TPSA) is 122 Å². The van der Waals surface area contributed by atoms with Gasteiger partial charge in [-0.2, -0.15) is 0 Å². The second-order valence-electron chi connectivity index (χ2n) is 5.94. The Balaban J connectivity index is 2.59. The van der Waals surface area contributed by atoms with E-state index in [1.165, 1.54) is 13.8 Å². The van der Waals surface area contributed by atoms with Crippen LogP contribution in [0.25, 0.3) is 0 Å². The van der Waals surface area contributed by atoms with E-state index in [-0.39, 0.29) is 18.7 Å². The number of alkyl halides is 1. The molecule has 0 aromatic heterocycles. The van der Waals surface area contributed by atoms with Crippen molar-refractivity contribution in [3.8, 4) is 0 Å². The summed E-state index contributed by atoms with van der Waals surface area (Å²) in [5, 5.41) is 14.0. The summed E-state index contributed by atoms with van der Waals surface area (Å²) in [5.74, 6) is -2.63. The lowest BCUT2D eigenvalue weighted by atomic mass is 9.97. The Kier molecular flexibility index (Phi) is 5.65. The fraction of sp³-hybridized carbons (Fsp3) is 0.769. The molecule has 1 fully saturated rings. The average molecular weight is 303 g/mol. The summed E-state index contributed by atoms with van der Waals surface area (Å²) in [6, 6.07) is -2.34. The second kappa shape index (κ2) is 6.84. The summed E-state index contributed by atoms with van der Waals surface area (Å²) < 4.78 is 13.4.